The lowest BCUT2D eigenvalue weighted by Gasteiger charge is -2.21. The van der Waals surface area contributed by atoms with Gasteiger partial charge in [0.15, 0.2) is 0 Å². The third kappa shape index (κ3) is 4.24. The average molecular weight is 252 g/mol. The lowest BCUT2D eigenvalue weighted by Crippen LogP contribution is -2.42. The second kappa shape index (κ2) is 5.71. The summed E-state index contributed by atoms with van der Waals surface area (Å²) in [5, 5.41) is 2.84. The van der Waals surface area contributed by atoms with E-state index in [4.69, 9.17) is 4.74 Å². The number of nitrogens with zero attached hydrogens (tertiary/aromatic N) is 1. The largest absolute Gasteiger partial charge is 0.461 e. The van der Waals surface area contributed by atoms with Gasteiger partial charge in [0.1, 0.15) is 12.2 Å². The van der Waals surface area contributed by atoms with Crippen molar-refractivity contribution < 1.29 is 14.3 Å². The van der Waals surface area contributed by atoms with Gasteiger partial charge in [0, 0.05) is 11.7 Å². The van der Waals surface area contributed by atoms with Gasteiger partial charge in [0.25, 0.3) is 0 Å². The molecule has 1 aromatic heterocycles. The highest BCUT2D eigenvalue weighted by atomic mass is 16.5. The summed E-state index contributed by atoms with van der Waals surface area (Å²) in [6.45, 7) is 7.90. The van der Waals surface area contributed by atoms with E-state index in [1.54, 1.807) is 29.8 Å². The predicted octanol–water partition coefficient (Wildman–Crippen LogP) is 1.58. The van der Waals surface area contributed by atoms with Crippen LogP contribution in [0.1, 0.15) is 38.2 Å². The Morgan fingerprint density at radius 3 is 2.61 bits per heavy atom. The number of aromatic nitrogens is 1. The molecule has 0 fully saturated rings. The Hall–Kier alpha value is -1.78. The number of hydrogen-bond acceptors (Lipinski definition) is 3. The third-order valence-corrected chi connectivity index (χ3v) is 2.14. The van der Waals surface area contributed by atoms with Gasteiger partial charge in [0.05, 0.1) is 6.61 Å². The van der Waals surface area contributed by atoms with Crippen LogP contribution >= 0.6 is 0 Å². The molecule has 0 saturated heterocycles. The van der Waals surface area contributed by atoms with Crippen molar-refractivity contribution in [3.63, 3.8) is 0 Å². The molecule has 0 aliphatic carbocycles. The van der Waals surface area contributed by atoms with Crippen LogP contribution in [0.25, 0.3) is 0 Å². The standard InChI is InChI=1S/C13H20N2O3/c1-5-18-12(17)10-7-6-8-15(10)9-11(16)14-13(2,3)4/h6-8H,5,9H2,1-4H3,(H,14,16). The van der Waals surface area contributed by atoms with Crippen LogP contribution in [0.2, 0.25) is 0 Å². The third-order valence-electron chi connectivity index (χ3n) is 2.14. The molecule has 0 aliphatic rings. The van der Waals surface area contributed by atoms with E-state index in [1.807, 2.05) is 20.8 Å². The minimum atomic E-state index is -0.411. The fourth-order valence-corrected chi connectivity index (χ4v) is 1.55. The second-order valence-corrected chi connectivity index (χ2v) is 5.04. The van der Waals surface area contributed by atoms with Crippen LogP contribution in [0, 0.1) is 0 Å². The fourth-order valence-electron chi connectivity index (χ4n) is 1.55. The molecule has 18 heavy (non-hydrogen) atoms. The Balaban J connectivity index is 2.71. The molecule has 1 heterocycles. The summed E-state index contributed by atoms with van der Waals surface area (Å²) in [4.78, 5) is 23.4. The Kier molecular flexibility index (Phi) is 4.53. The molecule has 1 rings (SSSR count). The highest BCUT2D eigenvalue weighted by Crippen LogP contribution is 2.05. The summed E-state index contributed by atoms with van der Waals surface area (Å²) in [7, 11) is 0. The summed E-state index contributed by atoms with van der Waals surface area (Å²) in [6.07, 6.45) is 1.69. The Labute approximate surface area is 107 Å². The molecule has 1 N–H and O–H groups in total. The van der Waals surface area contributed by atoms with Gasteiger partial charge in [0.2, 0.25) is 5.91 Å². The van der Waals surface area contributed by atoms with Gasteiger partial charge in [-0.1, -0.05) is 0 Å². The van der Waals surface area contributed by atoms with Crippen molar-refractivity contribution in [2.75, 3.05) is 6.61 Å². The lowest BCUT2D eigenvalue weighted by molar-refractivity contribution is -0.123. The van der Waals surface area contributed by atoms with Crippen molar-refractivity contribution in [3.8, 4) is 0 Å². The van der Waals surface area contributed by atoms with Crippen molar-refractivity contribution >= 4 is 11.9 Å². The van der Waals surface area contributed by atoms with Gasteiger partial charge in [-0.2, -0.15) is 0 Å². The molecule has 1 amide bonds. The quantitative estimate of drug-likeness (QED) is 0.828. The number of carbonyl (C=O) groups excluding carboxylic acids is 2. The number of rotatable bonds is 4. The van der Waals surface area contributed by atoms with Crippen LogP contribution < -0.4 is 5.32 Å². The molecule has 1 aromatic rings. The fraction of sp³-hybridized carbons (Fsp3) is 0.538. The topological polar surface area (TPSA) is 60.3 Å². The first-order chi connectivity index (χ1) is 8.33. The number of esters is 1. The second-order valence-electron chi connectivity index (χ2n) is 5.04. The van der Waals surface area contributed by atoms with Crippen molar-refractivity contribution in [1.82, 2.24) is 9.88 Å². The maximum atomic E-state index is 11.8. The smallest absolute Gasteiger partial charge is 0.354 e. The van der Waals surface area contributed by atoms with Gasteiger partial charge in [-0.3, -0.25) is 4.79 Å². The number of amides is 1. The minimum Gasteiger partial charge on any atom is -0.461 e. The van der Waals surface area contributed by atoms with E-state index in [0.29, 0.717) is 12.3 Å². The van der Waals surface area contributed by atoms with E-state index in [0.717, 1.165) is 0 Å². The van der Waals surface area contributed by atoms with Gasteiger partial charge in [-0.15, -0.1) is 0 Å². The van der Waals surface area contributed by atoms with Crippen molar-refractivity contribution in [2.24, 2.45) is 0 Å². The van der Waals surface area contributed by atoms with E-state index in [-0.39, 0.29) is 18.0 Å². The summed E-state index contributed by atoms with van der Waals surface area (Å²) in [5.41, 5.74) is 0.106. The Morgan fingerprint density at radius 1 is 1.39 bits per heavy atom. The molecule has 0 aliphatic heterocycles. The van der Waals surface area contributed by atoms with Crippen LogP contribution in [0.5, 0.6) is 0 Å². The number of nitrogens with one attached hydrogen (secondary N) is 1. The molecular weight excluding hydrogens is 232 g/mol. The van der Waals surface area contributed by atoms with Crippen LogP contribution in [0.4, 0.5) is 0 Å². The number of hydrogen-bond donors (Lipinski definition) is 1. The molecule has 0 bridgehead atoms. The van der Waals surface area contributed by atoms with E-state index < -0.39 is 5.97 Å². The first-order valence-corrected chi connectivity index (χ1v) is 5.97. The molecule has 0 unspecified atom stereocenters. The maximum Gasteiger partial charge on any atom is 0.354 e. The summed E-state index contributed by atoms with van der Waals surface area (Å²) < 4.78 is 6.50. The Morgan fingerprint density at radius 2 is 2.06 bits per heavy atom. The monoisotopic (exact) mass is 252 g/mol. The molecule has 100 valence electrons. The summed E-state index contributed by atoms with van der Waals surface area (Å²) in [5.74, 6) is -0.546. The number of carbonyl (C=O) groups is 2. The van der Waals surface area contributed by atoms with Crippen molar-refractivity contribution in [1.29, 1.82) is 0 Å². The first kappa shape index (κ1) is 14.3. The Bertz CT molecular complexity index is 430. The maximum absolute atomic E-state index is 11.8. The average Bonchev–Trinajstić information content (AvgIpc) is 2.62. The molecule has 0 radical (unpaired) electrons. The molecule has 5 nitrogen and oxygen atoms in total. The predicted molar refractivity (Wildman–Crippen MR) is 68.3 cm³/mol. The van der Waals surface area contributed by atoms with Crippen molar-refractivity contribution in [3.05, 3.63) is 24.0 Å². The highest BCUT2D eigenvalue weighted by molar-refractivity contribution is 5.88. The summed E-state index contributed by atoms with van der Waals surface area (Å²) in [6, 6.07) is 3.36. The van der Waals surface area contributed by atoms with Crippen molar-refractivity contribution in [2.45, 2.75) is 39.8 Å². The molecule has 0 aromatic carbocycles. The SMILES string of the molecule is CCOC(=O)c1cccn1CC(=O)NC(C)(C)C. The lowest BCUT2D eigenvalue weighted by atomic mass is 10.1. The van der Waals surface area contributed by atoms with Gasteiger partial charge in [-0.25, -0.2) is 4.79 Å². The minimum absolute atomic E-state index is 0.110. The zero-order chi connectivity index (χ0) is 13.8. The van der Waals surface area contributed by atoms with Gasteiger partial charge in [-0.05, 0) is 39.8 Å². The first-order valence-electron chi connectivity index (χ1n) is 5.97. The zero-order valence-corrected chi connectivity index (χ0v) is 11.3. The highest BCUT2D eigenvalue weighted by Gasteiger charge is 2.17. The normalized spacial score (nSPS) is 11.1. The van der Waals surface area contributed by atoms with Crippen LogP contribution in [-0.2, 0) is 16.1 Å². The van der Waals surface area contributed by atoms with E-state index in [1.165, 1.54) is 0 Å². The van der Waals surface area contributed by atoms with E-state index in [9.17, 15) is 9.59 Å². The molecule has 0 atom stereocenters. The molecule has 0 saturated carbocycles. The zero-order valence-electron chi connectivity index (χ0n) is 11.3. The van der Waals surface area contributed by atoms with Crippen LogP contribution in [0.15, 0.2) is 18.3 Å². The van der Waals surface area contributed by atoms with Crippen LogP contribution in [-0.4, -0.2) is 28.6 Å². The summed E-state index contributed by atoms with van der Waals surface area (Å²) >= 11 is 0. The molecular formula is C13H20N2O3. The van der Waals surface area contributed by atoms with Gasteiger partial charge >= 0.3 is 5.97 Å². The molecule has 0 spiro atoms. The van der Waals surface area contributed by atoms with Gasteiger partial charge < -0.3 is 14.6 Å². The number of ether oxygens (including phenoxy) is 1. The van der Waals surface area contributed by atoms with E-state index >= 15 is 0 Å². The van der Waals surface area contributed by atoms with E-state index in [2.05, 4.69) is 5.32 Å². The van der Waals surface area contributed by atoms with Crippen LogP contribution in [0.3, 0.4) is 0 Å². The molecule has 5 heteroatoms.